The molecule has 3 heterocycles. The van der Waals surface area contributed by atoms with Gasteiger partial charge in [0.2, 0.25) is 0 Å². The van der Waals surface area contributed by atoms with Gasteiger partial charge in [-0.25, -0.2) is 0 Å². The fourth-order valence-corrected chi connectivity index (χ4v) is 7.44. The summed E-state index contributed by atoms with van der Waals surface area (Å²) >= 11 is 0. The van der Waals surface area contributed by atoms with Crippen molar-refractivity contribution in [2.45, 2.75) is 0 Å². The summed E-state index contributed by atoms with van der Waals surface area (Å²) in [4.78, 5) is 12.2. The lowest BCUT2D eigenvalue weighted by atomic mass is 10.1. The van der Waals surface area contributed by atoms with Crippen LogP contribution in [-0.2, 0) is 4.57 Å². The van der Waals surface area contributed by atoms with Crippen LogP contribution in [0.3, 0.4) is 0 Å². The molecule has 0 aliphatic rings. The van der Waals surface area contributed by atoms with Crippen molar-refractivity contribution in [2.24, 2.45) is 0 Å². The molecule has 6 rings (SSSR count). The van der Waals surface area contributed by atoms with Gasteiger partial charge < -0.3 is 4.57 Å². The molecule has 0 saturated carbocycles. The molecular formula is C39H30N3OP. The van der Waals surface area contributed by atoms with Crippen LogP contribution in [0.4, 0.5) is 0 Å². The van der Waals surface area contributed by atoms with Crippen molar-refractivity contribution in [1.29, 1.82) is 0 Å². The van der Waals surface area contributed by atoms with Crippen molar-refractivity contribution in [3.8, 4) is 0 Å². The number of nitrogens with zero attached hydrogens (tertiary/aromatic N) is 3. The summed E-state index contributed by atoms with van der Waals surface area (Å²) in [6, 6.07) is 35.9. The van der Waals surface area contributed by atoms with Crippen molar-refractivity contribution in [2.75, 3.05) is 0 Å². The van der Waals surface area contributed by atoms with Gasteiger partial charge in [0.05, 0.1) is 0 Å². The first-order chi connectivity index (χ1) is 21.7. The summed E-state index contributed by atoms with van der Waals surface area (Å²) in [5, 5.41) is 2.37. The second kappa shape index (κ2) is 13.7. The first kappa shape index (κ1) is 28.7. The van der Waals surface area contributed by atoms with Crippen LogP contribution >= 0.6 is 7.14 Å². The van der Waals surface area contributed by atoms with E-state index < -0.39 is 7.14 Å². The predicted molar refractivity (Wildman–Crippen MR) is 185 cm³/mol. The van der Waals surface area contributed by atoms with Crippen LogP contribution in [0.5, 0.6) is 0 Å². The van der Waals surface area contributed by atoms with Gasteiger partial charge in [0, 0.05) is 53.1 Å². The fraction of sp³-hybridized carbons (Fsp3) is 0. The molecular weight excluding hydrogens is 557 g/mol. The van der Waals surface area contributed by atoms with E-state index in [4.69, 9.17) is 0 Å². The Balaban J connectivity index is 1.32. The first-order valence-electron chi connectivity index (χ1n) is 14.3. The predicted octanol–water partition coefficient (Wildman–Crippen LogP) is 8.02. The maximum atomic E-state index is 15.2. The minimum absolute atomic E-state index is 0.790. The Morgan fingerprint density at radius 3 is 0.750 bits per heavy atom. The summed E-state index contributed by atoms with van der Waals surface area (Å²) in [6.07, 6.45) is 23.0. The molecule has 3 aromatic heterocycles. The average Bonchev–Trinajstić information content (AvgIpc) is 3.10. The third-order valence-corrected chi connectivity index (χ3v) is 10.4. The molecule has 0 fully saturated rings. The molecule has 0 N–H and O–H groups in total. The van der Waals surface area contributed by atoms with Crippen LogP contribution in [0.15, 0.2) is 146 Å². The van der Waals surface area contributed by atoms with Crippen molar-refractivity contribution in [1.82, 2.24) is 15.0 Å². The van der Waals surface area contributed by atoms with Gasteiger partial charge in [-0.3, -0.25) is 15.0 Å². The molecule has 212 valence electrons. The molecule has 0 spiro atoms. The highest BCUT2D eigenvalue weighted by Gasteiger charge is 2.29. The second-order valence-electron chi connectivity index (χ2n) is 10.2. The molecule has 5 heteroatoms. The molecule has 44 heavy (non-hydrogen) atoms. The SMILES string of the molecule is O=P(c1ccc(/C=C/c2ccncc2)cc1)(c1ccc(/C=C/c2ccncc2)cc1)c1ccc(/C=C/c2ccncc2)cc1. The molecule has 3 aromatic carbocycles. The van der Waals surface area contributed by atoms with Crippen LogP contribution in [0, 0.1) is 0 Å². The second-order valence-corrected chi connectivity index (χ2v) is 13.0. The molecule has 4 nitrogen and oxygen atoms in total. The highest BCUT2D eigenvalue weighted by atomic mass is 31.2. The van der Waals surface area contributed by atoms with Gasteiger partial charge in [0.1, 0.15) is 0 Å². The van der Waals surface area contributed by atoms with E-state index in [1.807, 2.05) is 127 Å². The van der Waals surface area contributed by atoms with E-state index in [0.29, 0.717) is 0 Å². The number of hydrogen-bond acceptors (Lipinski definition) is 4. The lowest BCUT2D eigenvalue weighted by molar-refractivity contribution is 0.592. The van der Waals surface area contributed by atoms with Crippen LogP contribution in [0.2, 0.25) is 0 Å². The average molecular weight is 588 g/mol. The number of hydrogen-bond donors (Lipinski definition) is 0. The Labute approximate surface area is 258 Å². The number of pyridine rings is 3. The Morgan fingerprint density at radius 2 is 0.523 bits per heavy atom. The third-order valence-electron chi connectivity index (χ3n) is 7.29. The van der Waals surface area contributed by atoms with Gasteiger partial charge in [-0.05, 0) is 69.8 Å². The van der Waals surface area contributed by atoms with Crippen LogP contribution in [0.25, 0.3) is 36.5 Å². The van der Waals surface area contributed by atoms with E-state index in [2.05, 4.69) is 33.2 Å². The van der Waals surface area contributed by atoms with E-state index in [-0.39, 0.29) is 0 Å². The Morgan fingerprint density at radius 1 is 0.318 bits per heavy atom. The van der Waals surface area contributed by atoms with E-state index in [9.17, 15) is 0 Å². The van der Waals surface area contributed by atoms with Gasteiger partial charge in [0.25, 0.3) is 0 Å². The Hall–Kier alpha value is -5.44. The van der Waals surface area contributed by atoms with Crippen molar-refractivity contribution in [3.63, 3.8) is 0 Å². The molecule has 0 aliphatic heterocycles. The molecule has 0 aliphatic carbocycles. The summed E-state index contributed by atoms with van der Waals surface area (Å²) in [5.74, 6) is 0. The molecule has 6 aromatic rings. The van der Waals surface area contributed by atoms with Crippen LogP contribution < -0.4 is 15.9 Å². The normalized spacial score (nSPS) is 11.9. The summed E-state index contributed by atoms with van der Waals surface area (Å²) in [6.45, 7) is 0. The zero-order valence-electron chi connectivity index (χ0n) is 24.0. The van der Waals surface area contributed by atoms with Crippen LogP contribution in [0.1, 0.15) is 33.4 Å². The van der Waals surface area contributed by atoms with Crippen molar-refractivity contribution >= 4 is 59.5 Å². The largest absolute Gasteiger partial charge is 0.309 e. The minimum Gasteiger partial charge on any atom is -0.309 e. The van der Waals surface area contributed by atoms with E-state index in [1.165, 1.54) is 0 Å². The topological polar surface area (TPSA) is 55.7 Å². The van der Waals surface area contributed by atoms with Crippen molar-refractivity contribution < 1.29 is 4.57 Å². The van der Waals surface area contributed by atoms with Gasteiger partial charge in [-0.1, -0.05) is 109 Å². The zero-order chi connectivity index (χ0) is 30.0. The smallest absolute Gasteiger partial charge is 0.171 e. The molecule has 0 unspecified atom stereocenters. The Bertz CT molecular complexity index is 1700. The zero-order valence-corrected chi connectivity index (χ0v) is 24.9. The third kappa shape index (κ3) is 6.95. The Kier molecular flexibility index (Phi) is 8.92. The molecule has 0 saturated heterocycles. The first-order valence-corrected chi connectivity index (χ1v) is 16.0. The summed E-state index contributed by atoms with van der Waals surface area (Å²) < 4.78 is 15.2. The molecule has 0 atom stereocenters. The molecule has 0 radical (unpaired) electrons. The summed E-state index contributed by atoms with van der Waals surface area (Å²) in [7, 11) is -3.16. The standard InChI is InChI=1S/C39H30N3OP/c43-44(37-13-7-31(8-14-37)1-4-34-19-25-40-26-20-34,38-15-9-32(10-16-38)2-5-35-21-27-41-28-22-35)39-17-11-33(12-18-39)3-6-36-23-29-42-30-24-36/h1-30H/b4-1+,5-2+,6-3+. The monoisotopic (exact) mass is 587 g/mol. The lowest BCUT2D eigenvalue weighted by Crippen LogP contribution is -2.25. The highest BCUT2D eigenvalue weighted by Crippen LogP contribution is 2.42. The van der Waals surface area contributed by atoms with E-state index in [1.54, 1.807) is 37.2 Å². The van der Waals surface area contributed by atoms with Gasteiger partial charge in [-0.15, -0.1) is 0 Å². The quantitative estimate of drug-likeness (QED) is 0.161. The lowest BCUT2D eigenvalue weighted by Gasteiger charge is -2.20. The number of benzene rings is 3. The molecule has 0 amide bonds. The van der Waals surface area contributed by atoms with E-state index >= 15 is 4.57 Å². The van der Waals surface area contributed by atoms with Gasteiger partial charge in [-0.2, -0.15) is 0 Å². The maximum absolute atomic E-state index is 15.2. The molecule has 0 bridgehead atoms. The number of rotatable bonds is 9. The highest BCUT2D eigenvalue weighted by molar-refractivity contribution is 7.85. The van der Waals surface area contributed by atoms with Crippen molar-refractivity contribution in [3.05, 3.63) is 180 Å². The number of aromatic nitrogens is 3. The van der Waals surface area contributed by atoms with E-state index in [0.717, 1.165) is 49.3 Å². The summed E-state index contributed by atoms with van der Waals surface area (Å²) in [5.41, 5.74) is 6.32. The maximum Gasteiger partial charge on any atom is 0.171 e. The minimum atomic E-state index is -3.16. The van der Waals surface area contributed by atoms with Gasteiger partial charge in [0.15, 0.2) is 7.14 Å². The fourth-order valence-electron chi connectivity index (χ4n) is 4.83. The van der Waals surface area contributed by atoms with Crippen LogP contribution in [-0.4, -0.2) is 15.0 Å². The van der Waals surface area contributed by atoms with Gasteiger partial charge >= 0.3 is 0 Å².